The minimum Gasteiger partial charge on any atom is -0.232 e. The molecule has 0 radical (unpaired) electrons. The molecule has 0 saturated heterocycles. The molecule has 1 heterocycles. The van der Waals surface area contributed by atoms with Gasteiger partial charge < -0.3 is 0 Å². The Balaban J connectivity index is 2.31. The van der Waals surface area contributed by atoms with Crippen LogP contribution in [0.2, 0.25) is 0 Å². The highest BCUT2D eigenvalue weighted by atomic mass is 19.1. The van der Waals surface area contributed by atoms with Crippen molar-refractivity contribution in [3.8, 4) is 29.3 Å². The molecule has 23 heavy (non-hydrogen) atoms. The molecule has 0 aliphatic heterocycles. The van der Waals surface area contributed by atoms with Crippen molar-refractivity contribution in [1.82, 2.24) is 9.78 Å². The highest BCUT2D eigenvalue weighted by Gasteiger charge is 2.20. The van der Waals surface area contributed by atoms with E-state index in [1.165, 1.54) is 12.1 Å². The minimum absolute atomic E-state index is 0.199. The smallest absolute Gasteiger partial charge is 0.123 e. The van der Waals surface area contributed by atoms with Gasteiger partial charge in [0.05, 0.1) is 22.6 Å². The minimum atomic E-state index is -0.272. The second-order valence-electron chi connectivity index (χ2n) is 5.66. The van der Waals surface area contributed by atoms with E-state index in [1.807, 2.05) is 35.0 Å². The molecule has 1 aromatic heterocycles. The van der Waals surface area contributed by atoms with Crippen molar-refractivity contribution < 1.29 is 4.39 Å². The van der Waals surface area contributed by atoms with Crippen LogP contribution in [0.1, 0.15) is 31.0 Å². The zero-order valence-electron chi connectivity index (χ0n) is 13.1. The van der Waals surface area contributed by atoms with E-state index in [9.17, 15) is 4.39 Å². The molecule has 114 valence electrons. The van der Waals surface area contributed by atoms with Gasteiger partial charge in [-0.2, -0.15) is 5.10 Å². The number of rotatable bonds is 3. The summed E-state index contributed by atoms with van der Waals surface area (Å²) in [6.45, 7) is 4.12. The molecule has 3 heteroatoms. The number of hydrogen-bond donors (Lipinski definition) is 0. The number of terminal acetylenes is 1. The van der Waals surface area contributed by atoms with Crippen LogP contribution >= 0.6 is 0 Å². The lowest BCUT2D eigenvalue weighted by molar-refractivity contribution is 0.628. The molecule has 0 unspecified atom stereocenters. The summed E-state index contributed by atoms with van der Waals surface area (Å²) in [5.41, 5.74) is 4.23. The first-order valence-electron chi connectivity index (χ1n) is 7.52. The molecule has 0 saturated carbocycles. The summed E-state index contributed by atoms with van der Waals surface area (Å²) in [5.74, 6) is 2.70. The van der Waals surface area contributed by atoms with E-state index >= 15 is 0 Å². The number of nitrogens with zero attached hydrogens (tertiary/aromatic N) is 2. The van der Waals surface area contributed by atoms with Crippen LogP contribution in [-0.4, -0.2) is 9.78 Å². The summed E-state index contributed by atoms with van der Waals surface area (Å²) >= 11 is 0. The van der Waals surface area contributed by atoms with Gasteiger partial charge in [0, 0.05) is 5.56 Å². The molecule has 0 atom stereocenters. The lowest BCUT2D eigenvalue weighted by Gasteiger charge is -2.08. The molecule has 0 aliphatic rings. The van der Waals surface area contributed by atoms with Crippen LogP contribution in [0.25, 0.3) is 16.9 Å². The van der Waals surface area contributed by atoms with E-state index in [0.717, 1.165) is 28.2 Å². The maximum Gasteiger partial charge on any atom is 0.123 e. The topological polar surface area (TPSA) is 17.8 Å². The Morgan fingerprint density at radius 1 is 1.04 bits per heavy atom. The Morgan fingerprint density at radius 3 is 2.26 bits per heavy atom. The van der Waals surface area contributed by atoms with Crippen LogP contribution in [0.3, 0.4) is 0 Å². The molecular formula is C20H17FN2. The van der Waals surface area contributed by atoms with Gasteiger partial charge in [-0.3, -0.25) is 0 Å². The summed E-state index contributed by atoms with van der Waals surface area (Å²) in [7, 11) is 0. The maximum atomic E-state index is 13.3. The van der Waals surface area contributed by atoms with Gasteiger partial charge in [-0.1, -0.05) is 38.0 Å². The van der Waals surface area contributed by atoms with Crippen molar-refractivity contribution in [3.05, 3.63) is 71.7 Å². The molecule has 0 bridgehead atoms. The Hall–Kier alpha value is -2.86. The van der Waals surface area contributed by atoms with Gasteiger partial charge in [0.25, 0.3) is 0 Å². The Labute approximate surface area is 135 Å². The van der Waals surface area contributed by atoms with E-state index in [-0.39, 0.29) is 11.7 Å². The number of hydrogen-bond acceptors (Lipinski definition) is 1. The van der Waals surface area contributed by atoms with Gasteiger partial charge >= 0.3 is 0 Å². The second kappa shape index (κ2) is 6.10. The molecule has 2 aromatic carbocycles. The largest absolute Gasteiger partial charge is 0.232 e. The van der Waals surface area contributed by atoms with Crippen LogP contribution in [0.4, 0.5) is 4.39 Å². The molecular weight excluding hydrogens is 287 g/mol. The van der Waals surface area contributed by atoms with Crippen molar-refractivity contribution in [2.45, 2.75) is 19.8 Å². The summed E-state index contributed by atoms with van der Waals surface area (Å²) in [6.07, 6.45) is 5.77. The maximum absolute atomic E-state index is 13.3. The molecule has 0 aliphatic carbocycles. The van der Waals surface area contributed by atoms with Gasteiger partial charge in [0.15, 0.2) is 0 Å². The molecule has 0 N–H and O–H groups in total. The van der Waals surface area contributed by atoms with E-state index in [1.54, 1.807) is 12.1 Å². The molecule has 0 amide bonds. The summed E-state index contributed by atoms with van der Waals surface area (Å²) in [6, 6.07) is 16.2. The molecule has 2 nitrogen and oxygen atoms in total. The normalized spacial score (nSPS) is 10.7. The van der Waals surface area contributed by atoms with E-state index in [2.05, 4.69) is 19.8 Å². The van der Waals surface area contributed by atoms with Crippen LogP contribution in [0.5, 0.6) is 0 Å². The third-order valence-electron chi connectivity index (χ3n) is 3.72. The molecule has 0 fully saturated rings. The average Bonchev–Trinajstić information content (AvgIpc) is 2.96. The van der Waals surface area contributed by atoms with Crippen LogP contribution in [0, 0.1) is 18.2 Å². The number of para-hydroxylation sites is 1. The van der Waals surface area contributed by atoms with Crippen molar-refractivity contribution in [1.29, 1.82) is 0 Å². The number of halogens is 1. The van der Waals surface area contributed by atoms with Gasteiger partial charge in [0.2, 0.25) is 0 Å². The van der Waals surface area contributed by atoms with Crippen molar-refractivity contribution >= 4 is 0 Å². The second-order valence-corrected chi connectivity index (χ2v) is 5.66. The monoisotopic (exact) mass is 304 g/mol. The fourth-order valence-electron chi connectivity index (χ4n) is 2.61. The van der Waals surface area contributed by atoms with Gasteiger partial charge in [0.1, 0.15) is 5.82 Å². The highest BCUT2D eigenvalue weighted by molar-refractivity contribution is 5.71. The van der Waals surface area contributed by atoms with Crippen molar-refractivity contribution in [3.63, 3.8) is 0 Å². The molecule has 3 aromatic rings. The number of benzene rings is 2. The summed E-state index contributed by atoms with van der Waals surface area (Å²) in [4.78, 5) is 0. The summed E-state index contributed by atoms with van der Waals surface area (Å²) < 4.78 is 15.1. The SMILES string of the molecule is C#Cc1c(C(C)C)nn(-c2ccccc2)c1-c1ccc(F)cc1. The Kier molecular flexibility index (Phi) is 3.99. The molecule has 0 spiro atoms. The fraction of sp³-hybridized carbons (Fsp3) is 0.150. The van der Waals surface area contributed by atoms with E-state index in [4.69, 9.17) is 11.5 Å². The fourth-order valence-corrected chi connectivity index (χ4v) is 2.61. The Bertz CT molecular complexity index is 853. The van der Waals surface area contributed by atoms with E-state index in [0.29, 0.717) is 0 Å². The Morgan fingerprint density at radius 2 is 1.70 bits per heavy atom. The van der Waals surface area contributed by atoms with Gasteiger partial charge in [-0.15, -0.1) is 6.42 Å². The quantitative estimate of drug-likeness (QED) is 0.637. The van der Waals surface area contributed by atoms with Gasteiger partial charge in [-0.25, -0.2) is 9.07 Å². The van der Waals surface area contributed by atoms with Crippen LogP contribution in [0.15, 0.2) is 54.6 Å². The average molecular weight is 304 g/mol. The number of aromatic nitrogens is 2. The summed E-state index contributed by atoms with van der Waals surface area (Å²) in [5, 5.41) is 4.73. The van der Waals surface area contributed by atoms with Gasteiger partial charge in [-0.05, 0) is 42.3 Å². The van der Waals surface area contributed by atoms with Crippen molar-refractivity contribution in [2.75, 3.05) is 0 Å². The first-order valence-corrected chi connectivity index (χ1v) is 7.52. The highest BCUT2D eigenvalue weighted by Crippen LogP contribution is 2.31. The van der Waals surface area contributed by atoms with Crippen LogP contribution in [-0.2, 0) is 0 Å². The van der Waals surface area contributed by atoms with Crippen LogP contribution < -0.4 is 0 Å². The third kappa shape index (κ3) is 2.76. The standard InChI is InChI=1S/C20H17FN2/c1-4-18-19(14(2)3)22-23(17-8-6-5-7-9-17)20(18)15-10-12-16(21)13-11-15/h1,5-14H,2-3H3. The first kappa shape index (κ1) is 15.1. The molecule has 3 rings (SSSR count). The lowest BCUT2D eigenvalue weighted by atomic mass is 10.0. The van der Waals surface area contributed by atoms with E-state index < -0.39 is 0 Å². The third-order valence-corrected chi connectivity index (χ3v) is 3.72. The predicted octanol–water partition coefficient (Wildman–Crippen LogP) is 4.78. The van der Waals surface area contributed by atoms with Crippen molar-refractivity contribution in [2.24, 2.45) is 0 Å². The lowest BCUT2D eigenvalue weighted by Crippen LogP contribution is -2.00. The zero-order chi connectivity index (χ0) is 16.4. The predicted molar refractivity (Wildman–Crippen MR) is 91.0 cm³/mol. The first-order chi connectivity index (χ1) is 11.1. The zero-order valence-corrected chi connectivity index (χ0v) is 13.1.